The van der Waals surface area contributed by atoms with Gasteiger partial charge < -0.3 is 4.74 Å². The first-order chi connectivity index (χ1) is 13.1. The van der Waals surface area contributed by atoms with Gasteiger partial charge in [0.1, 0.15) is 5.75 Å². The number of thiophene rings is 1. The Labute approximate surface area is 179 Å². The number of ether oxygens (including phenoxy) is 1. The van der Waals surface area contributed by atoms with Crippen molar-refractivity contribution in [1.82, 2.24) is 5.01 Å². The molecule has 0 amide bonds. The van der Waals surface area contributed by atoms with E-state index in [0.29, 0.717) is 10.0 Å². The summed E-state index contributed by atoms with van der Waals surface area (Å²) in [4.78, 5) is 1.18. The number of rotatable bonds is 2. The molecular weight excluding hydrogens is 467 g/mol. The van der Waals surface area contributed by atoms with Gasteiger partial charge in [0.2, 0.25) is 6.23 Å². The van der Waals surface area contributed by atoms with E-state index < -0.39 is 6.23 Å². The fourth-order valence-electron chi connectivity index (χ4n) is 3.56. The van der Waals surface area contributed by atoms with Crippen LogP contribution in [0.4, 0.5) is 0 Å². The van der Waals surface area contributed by atoms with Gasteiger partial charge in [-0.25, -0.2) is 5.01 Å². The van der Waals surface area contributed by atoms with Gasteiger partial charge in [-0.1, -0.05) is 51.3 Å². The number of hydrogen-bond donors (Lipinski definition) is 0. The molecule has 1 aromatic heterocycles. The van der Waals surface area contributed by atoms with E-state index in [-0.39, 0.29) is 6.04 Å². The zero-order valence-corrected chi connectivity index (χ0v) is 17.8. The van der Waals surface area contributed by atoms with Crippen LogP contribution in [0.2, 0.25) is 10.0 Å². The molecule has 0 radical (unpaired) electrons. The average Bonchev–Trinajstić information content (AvgIpc) is 3.31. The van der Waals surface area contributed by atoms with Crippen LogP contribution in [0.15, 0.2) is 63.5 Å². The molecule has 0 aliphatic carbocycles. The van der Waals surface area contributed by atoms with Crippen LogP contribution in [0.5, 0.6) is 5.75 Å². The number of halogens is 3. The van der Waals surface area contributed by atoms with Crippen LogP contribution in [-0.2, 0) is 0 Å². The zero-order chi connectivity index (χ0) is 18.5. The first-order valence-electron chi connectivity index (χ1n) is 8.41. The predicted octanol–water partition coefficient (Wildman–Crippen LogP) is 7.06. The standard InChI is InChI=1S/C20H13BrCl2N2OS/c21-11-3-6-18-14(8-11)17-10-16(19-2-1-7-27-19)24-25(17)20(26-18)13-5-4-12(22)9-15(13)23/h1-9,17,20H,10H2/t17-,20-/m1/s1. The fourth-order valence-corrected chi connectivity index (χ4v) is 5.16. The van der Waals surface area contributed by atoms with Crippen molar-refractivity contribution < 1.29 is 4.74 Å². The van der Waals surface area contributed by atoms with Crippen LogP contribution >= 0.6 is 50.5 Å². The highest BCUT2D eigenvalue weighted by Gasteiger charge is 2.41. The third-order valence-corrected chi connectivity index (χ3v) is 6.76. The van der Waals surface area contributed by atoms with Crippen molar-refractivity contribution in [1.29, 1.82) is 0 Å². The van der Waals surface area contributed by atoms with Gasteiger partial charge in [-0.3, -0.25) is 0 Å². The monoisotopic (exact) mass is 478 g/mol. The average molecular weight is 480 g/mol. The van der Waals surface area contributed by atoms with Gasteiger partial charge in [0.15, 0.2) is 0 Å². The second-order valence-electron chi connectivity index (χ2n) is 6.44. The van der Waals surface area contributed by atoms with Crippen LogP contribution in [0.1, 0.15) is 34.7 Å². The third-order valence-electron chi connectivity index (χ3n) is 4.79. The van der Waals surface area contributed by atoms with Crippen molar-refractivity contribution in [2.24, 2.45) is 5.10 Å². The molecule has 5 rings (SSSR count). The Hall–Kier alpha value is -1.53. The lowest BCUT2D eigenvalue weighted by molar-refractivity contribution is -0.0190. The molecule has 0 unspecified atom stereocenters. The Bertz CT molecular complexity index is 1050. The van der Waals surface area contributed by atoms with Crippen molar-refractivity contribution in [3.05, 3.63) is 84.4 Å². The molecule has 3 nitrogen and oxygen atoms in total. The maximum Gasteiger partial charge on any atom is 0.215 e. The van der Waals surface area contributed by atoms with E-state index in [2.05, 4.69) is 39.5 Å². The lowest BCUT2D eigenvalue weighted by Crippen LogP contribution is -2.33. The van der Waals surface area contributed by atoms with Crippen molar-refractivity contribution in [3.63, 3.8) is 0 Å². The molecule has 2 aromatic carbocycles. The van der Waals surface area contributed by atoms with Gasteiger partial charge in [-0.05, 0) is 41.8 Å². The summed E-state index contributed by atoms with van der Waals surface area (Å²) in [5.74, 6) is 0.859. The minimum Gasteiger partial charge on any atom is -0.464 e. The van der Waals surface area contributed by atoms with Crippen LogP contribution in [0.25, 0.3) is 0 Å². The van der Waals surface area contributed by atoms with E-state index in [4.69, 9.17) is 33.0 Å². The quantitative estimate of drug-likeness (QED) is 0.393. The number of benzene rings is 2. The van der Waals surface area contributed by atoms with E-state index in [0.717, 1.165) is 33.5 Å². The van der Waals surface area contributed by atoms with E-state index in [1.54, 1.807) is 17.4 Å². The topological polar surface area (TPSA) is 24.8 Å². The lowest BCUT2D eigenvalue weighted by atomic mass is 9.97. The van der Waals surface area contributed by atoms with Gasteiger partial charge in [-0.15, -0.1) is 11.3 Å². The molecule has 3 aromatic rings. The molecule has 136 valence electrons. The van der Waals surface area contributed by atoms with E-state index in [9.17, 15) is 0 Å². The lowest BCUT2D eigenvalue weighted by Gasteiger charge is -2.38. The van der Waals surface area contributed by atoms with Crippen LogP contribution in [-0.4, -0.2) is 10.7 Å². The SMILES string of the molecule is Clc1ccc([C@H]2Oc3ccc(Br)cc3[C@H]3CC(c4cccs4)=NN32)c(Cl)c1. The number of fused-ring (bicyclic) bond motifs is 3. The highest BCUT2D eigenvalue weighted by atomic mass is 79.9. The summed E-state index contributed by atoms with van der Waals surface area (Å²) in [7, 11) is 0. The molecule has 2 aliphatic heterocycles. The summed E-state index contributed by atoms with van der Waals surface area (Å²) in [5, 5.41) is 10.2. The number of hydrogen-bond acceptors (Lipinski definition) is 4. The van der Waals surface area contributed by atoms with E-state index in [1.807, 2.05) is 29.3 Å². The van der Waals surface area contributed by atoms with Gasteiger partial charge in [0.05, 0.1) is 21.7 Å². The number of nitrogens with zero attached hydrogens (tertiary/aromatic N) is 2. The minimum absolute atomic E-state index is 0.0973. The van der Waals surface area contributed by atoms with Crippen LogP contribution in [0.3, 0.4) is 0 Å². The molecule has 0 saturated carbocycles. The second kappa shape index (κ2) is 6.82. The van der Waals surface area contributed by atoms with Crippen molar-refractivity contribution in [3.8, 4) is 5.75 Å². The first kappa shape index (κ1) is 17.6. The second-order valence-corrected chi connectivity index (χ2v) is 9.15. The summed E-state index contributed by atoms with van der Waals surface area (Å²) in [6, 6.07) is 15.8. The normalized spacial score (nSPS) is 20.7. The minimum atomic E-state index is -0.397. The van der Waals surface area contributed by atoms with Gasteiger partial charge >= 0.3 is 0 Å². The molecule has 2 atom stereocenters. The smallest absolute Gasteiger partial charge is 0.215 e. The fraction of sp³-hybridized carbons (Fsp3) is 0.150. The Morgan fingerprint density at radius 1 is 1.11 bits per heavy atom. The summed E-state index contributed by atoms with van der Waals surface area (Å²) in [6.45, 7) is 0. The summed E-state index contributed by atoms with van der Waals surface area (Å²) < 4.78 is 7.37. The van der Waals surface area contributed by atoms with Crippen LogP contribution in [0, 0.1) is 0 Å². The molecule has 0 N–H and O–H groups in total. The molecule has 7 heteroatoms. The highest BCUT2D eigenvalue weighted by molar-refractivity contribution is 9.10. The molecule has 3 heterocycles. The van der Waals surface area contributed by atoms with Gasteiger partial charge in [-0.2, -0.15) is 5.10 Å². The third kappa shape index (κ3) is 3.07. The Balaban J connectivity index is 1.64. The predicted molar refractivity (Wildman–Crippen MR) is 114 cm³/mol. The zero-order valence-electron chi connectivity index (χ0n) is 13.9. The van der Waals surface area contributed by atoms with Gasteiger partial charge in [0, 0.05) is 27.0 Å². The first-order valence-corrected chi connectivity index (χ1v) is 10.8. The largest absolute Gasteiger partial charge is 0.464 e. The molecule has 0 fully saturated rings. The summed E-state index contributed by atoms with van der Waals surface area (Å²) in [6.07, 6.45) is 0.431. The van der Waals surface area contributed by atoms with E-state index in [1.165, 1.54) is 4.88 Å². The summed E-state index contributed by atoms with van der Waals surface area (Å²) in [5.41, 5.74) is 3.05. The molecule has 0 saturated heterocycles. The molecule has 27 heavy (non-hydrogen) atoms. The number of hydrazone groups is 1. The molecule has 0 bridgehead atoms. The Kier molecular flexibility index (Phi) is 4.43. The molecular formula is C20H13BrCl2N2OS. The molecule has 2 aliphatic rings. The van der Waals surface area contributed by atoms with Gasteiger partial charge in [0.25, 0.3) is 0 Å². The van der Waals surface area contributed by atoms with Crippen molar-refractivity contribution in [2.75, 3.05) is 0 Å². The maximum atomic E-state index is 6.50. The van der Waals surface area contributed by atoms with Crippen molar-refractivity contribution in [2.45, 2.75) is 18.7 Å². The van der Waals surface area contributed by atoms with Crippen molar-refractivity contribution >= 4 is 56.2 Å². The summed E-state index contributed by atoms with van der Waals surface area (Å²) >= 11 is 17.9. The molecule has 0 spiro atoms. The van der Waals surface area contributed by atoms with Crippen LogP contribution < -0.4 is 4.74 Å². The highest BCUT2D eigenvalue weighted by Crippen LogP contribution is 2.49. The Morgan fingerprint density at radius 3 is 2.78 bits per heavy atom. The Morgan fingerprint density at radius 2 is 2.00 bits per heavy atom. The maximum absolute atomic E-state index is 6.50. The van der Waals surface area contributed by atoms with E-state index >= 15 is 0 Å².